The second kappa shape index (κ2) is 6.39. The molecule has 1 saturated heterocycles. The standard InChI is InChI=1S/C15H24N6/c1-2-12-4-8-20(9-5-12)6-3-7-21-11-19-13-14(16)17-10-18-15(13)21/h10-12H,2-9H2,1H3,(H2,16,17,18). The Balaban J connectivity index is 1.52. The van der Waals surface area contributed by atoms with Crippen LogP contribution in [0.15, 0.2) is 12.7 Å². The fourth-order valence-electron chi connectivity index (χ4n) is 3.15. The Labute approximate surface area is 125 Å². The van der Waals surface area contributed by atoms with E-state index in [0.717, 1.165) is 31.1 Å². The van der Waals surface area contributed by atoms with Crippen LogP contribution in [0.2, 0.25) is 0 Å². The molecule has 2 N–H and O–H groups in total. The number of imidazole rings is 1. The summed E-state index contributed by atoms with van der Waals surface area (Å²) in [6.07, 6.45) is 8.48. The molecule has 1 aliphatic heterocycles. The zero-order chi connectivity index (χ0) is 14.7. The SMILES string of the molecule is CCC1CCN(CCCn2cnc3c(N)ncnc32)CC1. The number of piperidine rings is 1. The van der Waals surface area contributed by atoms with Crippen LogP contribution in [0, 0.1) is 5.92 Å². The molecule has 0 spiro atoms. The van der Waals surface area contributed by atoms with Crippen molar-refractivity contribution in [1.82, 2.24) is 24.4 Å². The second-order valence-corrected chi connectivity index (χ2v) is 5.92. The number of nitrogens with zero attached hydrogens (tertiary/aromatic N) is 5. The highest BCUT2D eigenvalue weighted by molar-refractivity contribution is 5.80. The quantitative estimate of drug-likeness (QED) is 0.910. The fraction of sp³-hybridized carbons (Fsp3) is 0.667. The van der Waals surface area contributed by atoms with Gasteiger partial charge in [0.1, 0.15) is 11.8 Å². The third-order valence-corrected chi connectivity index (χ3v) is 4.59. The van der Waals surface area contributed by atoms with Crippen LogP contribution in [-0.4, -0.2) is 44.1 Å². The summed E-state index contributed by atoms with van der Waals surface area (Å²) >= 11 is 0. The van der Waals surface area contributed by atoms with E-state index in [2.05, 4.69) is 31.3 Å². The first-order valence-electron chi connectivity index (χ1n) is 7.91. The van der Waals surface area contributed by atoms with Crippen molar-refractivity contribution in [2.45, 2.75) is 39.2 Å². The number of hydrogen-bond acceptors (Lipinski definition) is 5. The van der Waals surface area contributed by atoms with Gasteiger partial charge in [-0.2, -0.15) is 0 Å². The van der Waals surface area contributed by atoms with E-state index in [-0.39, 0.29) is 0 Å². The van der Waals surface area contributed by atoms with Crippen molar-refractivity contribution in [3.8, 4) is 0 Å². The molecule has 1 fully saturated rings. The van der Waals surface area contributed by atoms with Gasteiger partial charge in [-0.3, -0.25) is 0 Å². The van der Waals surface area contributed by atoms with Crippen molar-refractivity contribution in [1.29, 1.82) is 0 Å². The normalized spacial score (nSPS) is 17.6. The maximum absolute atomic E-state index is 5.81. The summed E-state index contributed by atoms with van der Waals surface area (Å²) < 4.78 is 2.08. The molecule has 0 saturated carbocycles. The van der Waals surface area contributed by atoms with E-state index in [1.54, 1.807) is 0 Å². The van der Waals surface area contributed by atoms with Gasteiger partial charge in [0, 0.05) is 6.54 Å². The van der Waals surface area contributed by atoms with Crippen molar-refractivity contribution in [2.24, 2.45) is 5.92 Å². The Bertz CT molecular complexity index is 585. The minimum Gasteiger partial charge on any atom is -0.382 e. The van der Waals surface area contributed by atoms with Gasteiger partial charge in [0.25, 0.3) is 0 Å². The highest BCUT2D eigenvalue weighted by Gasteiger charge is 2.17. The predicted molar refractivity (Wildman–Crippen MR) is 83.8 cm³/mol. The third-order valence-electron chi connectivity index (χ3n) is 4.59. The van der Waals surface area contributed by atoms with Gasteiger partial charge in [0.15, 0.2) is 11.5 Å². The van der Waals surface area contributed by atoms with Crippen LogP contribution in [0.25, 0.3) is 11.2 Å². The lowest BCUT2D eigenvalue weighted by Gasteiger charge is -2.31. The number of aromatic nitrogens is 4. The van der Waals surface area contributed by atoms with Crippen molar-refractivity contribution in [3.63, 3.8) is 0 Å². The summed E-state index contributed by atoms with van der Waals surface area (Å²) in [7, 11) is 0. The van der Waals surface area contributed by atoms with Gasteiger partial charge >= 0.3 is 0 Å². The van der Waals surface area contributed by atoms with E-state index in [0.29, 0.717) is 11.3 Å². The summed E-state index contributed by atoms with van der Waals surface area (Å²) in [5, 5.41) is 0. The molecule has 0 unspecified atom stereocenters. The molecule has 0 aliphatic carbocycles. The van der Waals surface area contributed by atoms with E-state index in [4.69, 9.17) is 5.73 Å². The lowest BCUT2D eigenvalue weighted by atomic mass is 9.94. The van der Waals surface area contributed by atoms with Gasteiger partial charge in [-0.15, -0.1) is 0 Å². The van der Waals surface area contributed by atoms with Crippen LogP contribution in [0.5, 0.6) is 0 Å². The number of anilines is 1. The van der Waals surface area contributed by atoms with Crippen LogP contribution in [0.3, 0.4) is 0 Å². The van der Waals surface area contributed by atoms with E-state index >= 15 is 0 Å². The zero-order valence-corrected chi connectivity index (χ0v) is 12.7. The van der Waals surface area contributed by atoms with E-state index in [9.17, 15) is 0 Å². The molecule has 0 aromatic carbocycles. The monoisotopic (exact) mass is 288 g/mol. The number of fused-ring (bicyclic) bond motifs is 1. The molecule has 0 atom stereocenters. The molecular formula is C15H24N6. The first-order chi connectivity index (χ1) is 10.3. The molecule has 3 rings (SSSR count). The van der Waals surface area contributed by atoms with Gasteiger partial charge < -0.3 is 15.2 Å². The number of rotatable bonds is 5. The summed E-state index contributed by atoms with van der Waals surface area (Å²) in [4.78, 5) is 15.1. The van der Waals surface area contributed by atoms with E-state index in [1.807, 2.05) is 6.33 Å². The smallest absolute Gasteiger partial charge is 0.165 e. The number of nitrogens with two attached hydrogens (primary N) is 1. The fourth-order valence-corrected chi connectivity index (χ4v) is 3.15. The first kappa shape index (κ1) is 14.3. The first-order valence-corrected chi connectivity index (χ1v) is 7.91. The largest absolute Gasteiger partial charge is 0.382 e. The molecule has 6 heteroatoms. The van der Waals surface area contributed by atoms with Crippen LogP contribution in [0.4, 0.5) is 5.82 Å². The Hall–Kier alpha value is -1.69. The molecule has 2 aromatic rings. The number of aryl methyl sites for hydroxylation is 1. The molecule has 3 heterocycles. The molecular weight excluding hydrogens is 264 g/mol. The maximum Gasteiger partial charge on any atom is 0.165 e. The Morgan fingerprint density at radius 3 is 2.76 bits per heavy atom. The van der Waals surface area contributed by atoms with Gasteiger partial charge in [0.05, 0.1) is 6.33 Å². The molecule has 2 aromatic heterocycles. The number of nitrogen functional groups attached to an aromatic ring is 1. The lowest BCUT2D eigenvalue weighted by Crippen LogP contribution is -2.34. The molecule has 0 bridgehead atoms. The molecule has 114 valence electrons. The molecule has 21 heavy (non-hydrogen) atoms. The lowest BCUT2D eigenvalue weighted by molar-refractivity contribution is 0.178. The van der Waals surface area contributed by atoms with Gasteiger partial charge in [-0.1, -0.05) is 13.3 Å². The highest BCUT2D eigenvalue weighted by atomic mass is 15.1. The second-order valence-electron chi connectivity index (χ2n) is 5.92. The van der Waals surface area contributed by atoms with Gasteiger partial charge in [0.2, 0.25) is 0 Å². The molecule has 1 aliphatic rings. The van der Waals surface area contributed by atoms with Gasteiger partial charge in [-0.25, -0.2) is 15.0 Å². The molecule has 0 amide bonds. The average Bonchev–Trinajstić information content (AvgIpc) is 2.93. The Morgan fingerprint density at radius 2 is 2.00 bits per heavy atom. The van der Waals surface area contributed by atoms with E-state index < -0.39 is 0 Å². The molecule has 0 radical (unpaired) electrons. The average molecular weight is 288 g/mol. The van der Waals surface area contributed by atoms with Crippen molar-refractivity contribution >= 4 is 17.0 Å². The zero-order valence-electron chi connectivity index (χ0n) is 12.7. The van der Waals surface area contributed by atoms with Gasteiger partial charge in [-0.05, 0) is 44.8 Å². The third kappa shape index (κ3) is 3.15. The number of likely N-dealkylation sites (tertiary alicyclic amines) is 1. The Kier molecular flexibility index (Phi) is 4.34. The number of hydrogen-bond donors (Lipinski definition) is 1. The summed E-state index contributed by atoms with van der Waals surface area (Å²) in [5.41, 5.74) is 7.36. The summed E-state index contributed by atoms with van der Waals surface area (Å²) in [5.74, 6) is 1.40. The highest BCUT2D eigenvalue weighted by Crippen LogP contribution is 2.20. The van der Waals surface area contributed by atoms with Crippen molar-refractivity contribution in [2.75, 3.05) is 25.4 Å². The summed E-state index contributed by atoms with van der Waals surface area (Å²) in [6.45, 7) is 6.88. The van der Waals surface area contributed by atoms with Crippen LogP contribution < -0.4 is 5.73 Å². The maximum atomic E-state index is 5.81. The minimum absolute atomic E-state index is 0.459. The van der Waals surface area contributed by atoms with Crippen molar-refractivity contribution in [3.05, 3.63) is 12.7 Å². The van der Waals surface area contributed by atoms with E-state index in [1.165, 1.54) is 38.7 Å². The molecule has 6 nitrogen and oxygen atoms in total. The van der Waals surface area contributed by atoms with Crippen LogP contribution >= 0.6 is 0 Å². The minimum atomic E-state index is 0.459. The topological polar surface area (TPSA) is 72.9 Å². The van der Waals surface area contributed by atoms with Crippen LogP contribution in [-0.2, 0) is 6.54 Å². The predicted octanol–water partition coefficient (Wildman–Crippen LogP) is 1.92. The van der Waals surface area contributed by atoms with Crippen molar-refractivity contribution < 1.29 is 0 Å². The summed E-state index contributed by atoms with van der Waals surface area (Å²) in [6, 6.07) is 0. The Morgan fingerprint density at radius 1 is 1.19 bits per heavy atom. The van der Waals surface area contributed by atoms with Crippen LogP contribution in [0.1, 0.15) is 32.6 Å².